The third-order valence-corrected chi connectivity index (χ3v) is 3.58. The summed E-state index contributed by atoms with van der Waals surface area (Å²) in [7, 11) is 0. The Morgan fingerprint density at radius 1 is 1.65 bits per heavy atom. The molecule has 0 aliphatic carbocycles. The summed E-state index contributed by atoms with van der Waals surface area (Å²) < 4.78 is 0. The molecular formula is C12H12ClN3O3S. The van der Waals surface area contributed by atoms with E-state index in [1.54, 1.807) is 6.92 Å². The minimum absolute atomic E-state index is 0.0399. The summed E-state index contributed by atoms with van der Waals surface area (Å²) in [6, 6.07) is 6.01. The van der Waals surface area contributed by atoms with E-state index in [9.17, 15) is 14.9 Å². The monoisotopic (exact) mass is 313 g/mol. The summed E-state index contributed by atoms with van der Waals surface area (Å²) in [5.41, 5.74) is -0.125. The molecule has 1 N–H and O–H groups in total. The van der Waals surface area contributed by atoms with E-state index in [4.69, 9.17) is 16.9 Å². The van der Waals surface area contributed by atoms with Gasteiger partial charge in [0.15, 0.2) is 0 Å². The number of amides is 1. The number of hydrogen-bond donors (Lipinski definition) is 1. The van der Waals surface area contributed by atoms with Gasteiger partial charge in [-0.3, -0.25) is 14.9 Å². The molecule has 0 aromatic heterocycles. The van der Waals surface area contributed by atoms with Crippen LogP contribution in [0.15, 0.2) is 23.1 Å². The Hall–Kier alpha value is -1.78. The smallest absolute Gasteiger partial charge is 0.284 e. The van der Waals surface area contributed by atoms with Gasteiger partial charge in [0.05, 0.1) is 28.1 Å². The van der Waals surface area contributed by atoms with E-state index in [2.05, 4.69) is 5.32 Å². The van der Waals surface area contributed by atoms with Gasteiger partial charge in [0.2, 0.25) is 5.91 Å². The number of nitriles is 1. The lowest BCUT2D eigenvalue weighted by atomic mass is 10.2. The van der Waals surface area contributed by atoms with Crippen LogP contribution >= 0.6 is 23.4 Å². The van der Waals surface area contributed by atoms with Crippen molar-refractivity contribution >= 4 is 35.0 Å². The standard InChI is InChI=1S/C12H12ClN3O3S/c1-8(4-5-14)15-12(17)7-20-11-3-2-9(13)6-10(11)16(18)19/h2-3,6,8H,4,7H2,1H3,(H,15,17). The van der Waals surface area contributed by atoms with Crippen LogP contribution in [0, 0.1) is 21.4 Å². The van der Waals surface area contributed by atoms with Gasteiger partial charge in [0.1, 0.15) is 0 Å². The fourth-order valence-corrected chi connectivity index (χ4v) is 2.38. The maximum atomic E-state index is 11.6. The van der Waals surface area contributed by atoms with Crippen LogP contribution < -0.4 is 5.32 Å². The Kier molecular flexibility index (Phi) is 6.28. The van der Waals surface area contributed by atoms with Crippen molar-refractivity contribution in [2.24, 2.45) is 0 Å². The molecule has 0 aliphatic heterocycles. The Morgan fingerprint density at radius 2 is 2.35 bits per heavy atom. The molecule has 0 aliphatic rings. The minimum Gasteiger partial charge on any atom is -0.352 e. The van der Waals surface area contributed by atoms with Crippen molar-refractivity contribution in [1.29, 1.82) is 5.26 Å². The molecule has 0 saturated carbocycles. The quantitative estimate of drug-likeness (QED) is 0.495. The Labute approximate surface area is 125 Å². The molecule has 1 aromatic carbocycles. The van der Waals surface area contributed by atoms with Crippen molar-refractivity contribution in [1.82, 2.24) is 5.32 Å². The van der Waals surface area contributed by atoms with E-state index in [0.717, 1.165) is 11.8 Å². The van der Waals surface area contributed by atoms with Crippen LogP contribution in [0.4, 0.5) is 5.69 Å². The predicted molar refractivity (Wildman–Crippen MR) is 76.7 cm³/mol. The fraction of sp³-hybridized carbons (Fsp3) is 0.333. The summed E-state index contributed by atoms with van der Waals surface area (Å²) in [6.07, 6.45) is 0.220. The van der Waals surface area contributed by atoms with Crippen LogP contribution in [-0.4, -0.2) is 22.6 Å². The van der Waals surface area contributed by atoms with Gasteiger partial charge in [0, 0.05) is 17.1 Å². The zero-order chi connectivity index (χ0) is 15.1. The number of carbonyl (C=O) groups is 1. The van der Waals surface area contributed by atoms with E-state index in [-0.39, 0.29) is 34.8 Å². The van der Waals surface area contributed by atoms with Gasteiger partial charge in [0.25, 0.3) is 5.69 Å². The number of thioether (sulfide) groups is 1. The summed E-state index contributed by atoms with van der Waals surface area (Å²) in [5.74, 6) is -0.236. The highest BCUT2D eigenvalue weighted by Crippen LogP contribution is 2.31. The zero-order valence-electron chi connectivity index (χ0n) is 10.6. The number of nitrogens with one attached hydrogen (secondary N) is 1. The van der Waals surface area contributed by atoms with E-state index in [0.29, 0.717) is 4.90 Å². The molecule has 8 heteroatoms. The van der Waals surface area contributed by atoms with E-state index >= 15 is 0 Å². The molecule has 0 heterocycles. The number of hydrogen-bond acceptors (Lipinski definition) is 5. The molecule has 20 heavy (non-hydrogen) atoms. The summed E-state index contributed by atoms with van der Waals surface area (Å²) in [4.78, 5) is 22.3. The Bertz CT molecular complexity index is 559. The van der Waals surface area contributed by atoms with Crippen LogP contribution in [0.1, 0.15) is 13.3 Å². The van der Waals surface area contributed by atoms with Gasteiger partial charge in [-0.05, 0) is 19.1 Å². The van der Waals surface area contributed by atoms with Gasteiger partial charge in [-0.25, -0.2) is 0 Å². The first-order valence-corrected chi connectivity index (χ1v) is 7.03. The second-order valence-electron chi connectivity index (χ2n) is 3.99. The molecule has 0 spiro atoms. The first-order chi connectivity index (χ1) is 9.43. The molecule has 1 rings (SSSR count). The zero-order valence-corrected chi connectivity index (χ0v) is 12.2. The fourth-order valence-electron chi connectivity index (χ4n) is 1.40. The lowest BCUT2D eigenvalue weighted by molar-refractivity contribution is -0.387. The molecule has 1 aromatic rings. The Balaban J connectivity index is 2.64. The van der Waals surface area contributed by atoms with Crippen LogP contribution in [0.3, 0.4) is 0 Å². The van der Waals surface area contributed by atoms with Crippen LogP contribution in [0.2, 0.25) is 5.02 Å². The number of nitro groups is 1. The number of nitro benzene ring substituents is 1. The molecule has 0 saturated heterocycles. The second kappa shape index (κ2) is 7.72. The topological polar surface area (TPSA) is 96.0 Å². The predicted octanol–water partition coefficient (Wildman–Crippen LogP) is 2.76. The van der Waals surface area contributed by atoms with Crippen LogP contribution in [0.5, 0.6) is 0 Å². The van der Waals surface area contributed by atoms with Crippen molar-refractivity contribution in [2.75, 3.05) is 5.75 Å². The molecule has 1 atom stereocenters. The molecule has 1 unspecified atom stereocenters. The van der Waals surface area contributed by atoms with Gasteiger partial charge in [-0.2, -0.15) is 5.26 Å². The average Bonchev–Trinajstić information content (AvgIpc) is 2.37. The molecule has 1 amide bonds. The van der Waals surface area contributed by atoms with Crippen molar-refractivity contribution in [2.45, 2.75) is 24.3 Å². The van der Waals surface area contributed by atoms with Crippen molar-refractivity contribution in [3.63, 3.8) is 0 Å². The maximum Gasteiger partial charge on any atom is 0.284 e. The van der Waals surface area contributed by atoms with Crippen molar-refractivity contribution in [3.8, 4) is 6.07 Å². The van der Waals surface area contributed by atoms with E-state index in [1.165, 1.54) is 18.2 Å². The summed E-state index contributed by atoms with van der Waals surface area (Å²) in [5, 5.41) is 22.3. The maximum absolute atomic E-state index is 11.6. The number of benzene rings is 1. The molecular weight excluding hydrogens is 302 g/mol. The number of halogens is 1. The largest absolute Gasteiger partial charge is 0.352 e. The average molecular weight is 314 g/mol. The molecule has 106 valence electrons. The third-order valence-electron chi connectivity index (χ3n) is 2.28. The minimum atomic E-state index is -0.537. The molecule has 6 nitrogen and oxygen atoms in total. The van der Waals surface area contributed by atoms with Gasteiger partial charge < -0.3 is 5.32 Å². The first-order valence-electron chi connectivity index (χ1n) is 5.67. The van der Waals surface area contributed by atoms with E-state index < -0.39 is 4.92 Å². The SMILES string of the molecule is CC(CC#N)NC(=O)CSc1ccc(Cl)cc1[N+](=O)[O-]. The van der Waals surface area contributed by atoms with Crippen LogP contribution in [-0.2, 0) is 4.79 Å². The second-order valence-corrected chi connectivity index (χ2v) is 5.44. The highest BCUT2D eigenvalue weighted by atomic mass is 35.5. The first kappa shape index (κ1) is 16.3. The van der Waals surface area contributed by atoms with Crippen molar-refractivity contribution < 1.29 is 9.72 Å². The van der Waals surface area contributed by atoms with Gasteiger partial charge in [-0.1, -0.05) is 11.6 Å². The number of rotatable bonds is 6. The molecule has 0 fully saturated rings. The van der Waals surface area contributed by atoms with Gasteiger partial charge >= 0.3 is 0 Å². The van der Waals surface area contributed by atoms with Crippen LogP contribution in [0.25, 0.3) is 0 Å². The lowest BCUT2D eigenvalue weighted by Crippen LogP contribution is -2.33. The summed E-state index contributed by atoms with van der Waals surface area (Å²) >= 11 is 6.76. The number of nitrogens with zero attached hydrogens (tertiary/aromatic N) is 2. The highest BCUT2D eigenvalue weighted by molar-refractivity contribution is 8.00. The highest BCUT2D eigenvalue weighted by Gasteiger charge is 2.16. The van der Waals surface area contributed by atoms with E-state index in [1.807, 2.05) is 6.07 Å². The lowest BCUT2D eigenvalue weighted by Gasteiger charge is -2.10. The third kappa shape index (κ3) is 5.07. The number of carbonyl (C=O) groups excluding carboxylic acids is 1. The summed E-state index contributed by atoms with van der Waals surface area (Å²) in [6.45, 7) is 1.72. The van der Waals surface area contributed by atoms with Gasteiger partial charge in [-0.15, -0.1) is 11.8 Å². The Morgan fingerprint density at radius 3 is 2.95 bits per heavy atom. The normalized spacial score (nSPS) is 11.4. The molecule has 0 bridgehead atoms. The van der Waals surface area contributed by atoms with Crippen molar-refractivity contribution in [3.05, 3.63) is 33.3 Å². The molecule has 0 radical (unpaired) electrons.